The molecule has 0 saturated heterocycles. The highest BCUT2D eigenvalue weighted by molar-refractivity contribution is 6.33. The van der Waals surface area contributed by atoms with Crippen molar-refractivity contribution in [2.75, 3.05) is 29.9 Å². The van der Waals surface area contributed by atoms with E-state index in [-0.39, 0.29) is 23.2 Å². The van der Waals surface area contributed by atoms with Gasteiger partial charge in [0.1, 0.15) is 5.02 Å². The molecular formula is C19H18ClF3N6O. The summed E-state index contributed by atoms with van der Waals surface area (Å²) in [7, 11) is 1.44. The fourth-order valence-corrected chi connectivity index (χ4v) is 3.31. The number of aromatic amines is 1. The fraction of sp³-hybridized carbons (Fsp3) is 0.263. The van der Waals surface area contributed by atoms with Gasteiger partial charge in [-0.3, -0.25) is 4.79 Å². The van der Waals surface area contributed by atoms with E-state index in [0.29, 0.717) is 17.9 Å². The Bertz CT molecular complexity index is 1090. The number of nitrogens with one attached hydrogen (secondary N) is 1. The molecular weight excluding hydrogens is 421 g/mol. The number of rotatable bonds is 3. The van der Waals surface area contributed by atoms with E-state index in [9.17, 15) is 18.0 Å². The topological polar surface area (TPSA) is 77.0 Å². The van der Waals surface area contributed by atoms with Crippen molar-refractivity contribution in [2.45, 2.75) is 13.1 Å². The second kappa shape index (κ2) is 8.31. The van der Waals surface area contributed by atoms with Crippen molar-refractivity contribution in [3.05, 3.63) is 62.7 Å². The van der Waals surface area contributed by atoms with Gasteiger partial charge in [0.05, 0.1) is 35.4 Å². The van der Waals surface area contributed by atoms with Gasteiger partial charge in [-0.1, -0.05) is 23.7 Å². The molecule has 158 valence electrons. The lowest BCUT2D eigenvalue weighted by molar-refractivity contribution is -0.137. The van der Waals surface area contributed by atoms with E-state index in [4.69, 9.17) is 11.6 Å². The highest BCUT2D eigenvalue weighted by Gasteiger charge is 2.35. The zero-order chi connectivity index (χ0) is 22.1. The number of hydrogen-bond acceptors (Lipinski definition) is 4. The van der Waals surface area contributed by atoms with Crippen LogP contribution in [0, 0.1) is 0 Å². The Morgan fingerprint density at radius 3 is 2.70 bits per heavy atom. The summed E-state index contributed by atoms with van der Waals surface area (Å²) in [6.07, 6.45) is -3.09. The van der Waals surface area contributed by atoms with Gasteiger partial charge in [0.25, 0.3) is 5.56 Å². The van der Waals surface area contributed by atoms with Gasteiger partial charge in [0, 0.05) is 13.6 Å². The van der Waals surface area contributed by atoms with Gasteiger partial charge in [0.15, 0.2) is 0 Å². The van der Waals surface area contributed by atoms with Crippen LogP contribution in [0.2, 0.25) is 5.02 Å². The second-order valence-corrected chi connectivity index (χ2v) is 7.00. The van der Waals surface area contributed by atoms with Crippen LogP contribution in [-0.4, -0.2) is 43.0 Å². The molecule has 0 saturated carbocycles. The van der Waals surface area contributed by atoms with E-state index < -0.39 is 17.3 Å². The number of para-hydroxylation sites is 1. The average Bonchev–Trinajstić information content (AvgIpc) is 3.07. The molecule has 1 aromatic heterocycles. The molecule has 0 aliphatic carbocycles. The van der Waals surface area contributed by atoms with E-state index in [1.165, 1.54) is 36.3 Å². The predicted octanol–water partition coefficient (Wildman–Crippen LogP) is 3.73. The van der Waals surface area contributed by atoms with Gasteiger partial charge < -0.3 is 9.80 Å². The second-order valence-electron chi connectivity index (χ2n) is 6.63. The van der Waals surface area contributed by atoms with E-state index in [1.807, 2.05) is 6.92 Å². The normalized spacial score (nSPS) is 15.0. The highest BCUT2D eigenvalue weighted by Crippen LogP contribution is 2.36. The molecule has 0 atom stereocenters. The monoisotopic (exact) mass is 438 g/mol. The lowest BCUT2D eigenvalue weighted by Crippen LogP contribution is -2.28. The summed E-state index contributed by atoms with van der Waals surface area (Å²) >= 11 is 6.07. The lowest BCUT2D eigenvalue weighted by atomic mass is 10.1. The minimum absolute atomic E-state index is 0.00122. The molecule has 1 aliphatic heterocycles. The van der Waals surface area contributed by atoms with E-state index >= 15 is 0 Å². The summed E-state index contributed by atoms with van der Waals surface area (Å²) in [5.41, 5.74) is 0.472. The van der Waals surface area contributed by atoms with Crippen molar-refractivity contribution in [1.82, 2.24) is 10.2 Å². The molecule has 1 N–H and O–H groups in total. The zero-order valence-corrected chi connectivity index (χ0v) is 16.9. The molecule has 7 nitrogen and oxygen atoms in total. The Kier molecular flexibility index (Phi) is 5.97. The third kappa shape index (κ3) is 4.23. The van der Waals surface area contributed by atoms with Crippen LogP contribution >= 0.6 is 11.6 Å². The maximum absolute atomic E-state index is 13.4. The Balaban J connectivity index is 1.92. The molecule has 0 amide bonds. The Morgan fingerprint density at radius 2 is 2.03 bits per heavy atom. The Hall–Kier alpha value is -3.14. The van der Waals surface area contributed by atoms with Crippen LogP contribution in [0.4, 0.5) is 24.5 Å². The summed E-state index contributed by atoms with van der Waals surface area (Å²) in [6.45, 7) is 5.99. The third-order valence-electron chi connectivity index (χ3n) is 4.63. The fourth-order valence-electron chi connectivity index (χ4n) is 3.10. The minimum atomic E-state index is -4.53. The predicted molar refractivity (Wildman–Crippen MR) is 112 cm³/mol. The maximum atomic E-state index is 13.4. The number of aliphatic imine (C=N–C) groups is 2. The molecule has 0 bridgehead atoms. The molecule has 0 fully saturated rings. The molecule has 1 aromatic carbocycles. The Labute approximate surface area is 175 Å². The minimum Gasteiger partial charge on any atom is -0.359 e. The van der Waals surface area contributed by atoms with Crippen molar-refractivity contribution in [1.29, 1.82) is 0 Å². The Morgan fingerprint density at radius 1 is 1.33 bits per heavy atom. The van der Waals surface area contributed by atoms with E-state index in [0.717, 1.165) is 11.6 Å². The van der Waals surface area contributed by atoms with Crippen molar-refractivity contribution in [2.24, 2.45) is 9.98 Å². The number of H-pyrrole nitrogens is 1. The third-order valence-corrected chi connectivity index (χ3v) is 4.99. The molecule has 11 heteroatoms. The van der Waals surface area contributed by atoms with E-state index in [1.54, 1.807) is 4.90 Å². The first-order valence-corrected chi connectivity index (χ1v) is 9.13. The number of benzene rings is 1. The molecule has 0 radical (unpaired) electrons. The van der Waals surface area contributed by atoms with Gasteiger partial charge in [0.2, 0.25) is 5.96 Å². The van der Waals surface area contributed by atoms with Crippen LogP contribution in [0.15, 0.2) is 56.5 Å². The number of nitrogens with zero attached hydrogens (tertiary/aromatic N) is 5. The first kappa shape index (κ1) is 21.6. The first-order chi connectivity index (χ1) is 14.1. The molecule has 0 spiro atoms. The molecule has 2 aromatic rings. The number of hydrogen-bond donors (Lipinski definition) is 1. The van der Waals surface area contributed by atoms with Crippen LogP contribution in [-0.2, 0) is 6.18 Å². The van der Waals surface area contributed by atoms with Crippen LogP contribution < -0.4 is 15.4 Å². The molecule has 30 heavy (non-hydrogen) atoms. The standard InChI is InChI=1S/C19H18ClF3N6O/c1-11-9-29(15-8-25-27-17(30)16(15)20)10-13(11)26-18(24-2)28(3)14-7-5-4-6-12(14)19(21,22)23/h4-8H,2,9-10H2,1,3H3,(H,27,30). The van der Waals surface area contributed by atoms with Crippen LogP contribution in [0.5, 0.6) is 0 Å². The summed E-state index contributed by atoms with van der Waals surface area (Å²) in [4.78, 5) is 23.0. The van der Waals surface area contributed by atoms with Gasteiger partial charge in [-0.05, 0) is 31.3 Å². The summed E-state index contributed by atoms with van der Waals surface area (Å²) < 4.78 is 40.1. The maximum Gasteiger partial charge on any atom is 0.418 e. The van der Waals surface area contributed by atoms with Gasteiger partial charge >= 0.3 is 6.18 Å². The van der Waals surface area contributed by atoms with Crippen molar-refractivity contribution in [3.8, 4) is 0 Å². The van der Waals surface area contributed by atoms with E-state index in [2.05, 4.69) is 26.9 Å². The van der Waals surface area contributed by atoms with Crippen LogP contribution in [0.25, 0.3) is 0 Å². The van der Waals surface area contributed by atoms with Crippen molar-refractivity contribution < 1.29 is 13.2 Å². The number of guanidine groups is 1. The number of anilines is 2. The smallest absolute Gasteiger partial charge is 0.359 e. The quantitative estimate of drug-likeness (QED) is 0.585. The summed E-state index contributed by atoms with van der Waals surface area (Å²) in [6, 6.07) is 5.16. The van der Waals surface area contributed by atoms with Gasteiger partial charge in [-0.2, -0.15) is 18.3 Å². The first-order valence-electron chi connectivity index (χ1n) is 8.75. The largest absolute Gasteiger partial charge is 0.418 e. The molecule has 3 rings (SSSR count). The molecule has 1 aliphatic rings. The molecule has 0 unspecified atom stereocenters. The number of aromatic nitrogens is 2. The lowest BCUT2D eigenvalue weighted by Gasteiger charge is -2.23. The SMILES string of the molecule is C=NC(=NC1=C(C)CN(c2cn[nH]c(=O)c2Cl)C1)N(C)c1ccccc1C(F)(F)F. The van der Waals surface area contributed by atoms with Crippen LogP contribution in [0.3, 0.4) is 0 Å². The van der Waals surface area contributed by atoms with Crippen LogP contribution in [0.1, 0.15) is 12.5 Å². The van der Waals surface area contributed by atoms with Crippen molar-refractivity contribution in [3.63, 3.8) is 0 Å². The van der Waals surface area contributed by atoms with Crippen molar-refractivity contribution >= 4 is 35.7 Å². The van der Waals surface area contributed by atoms with Gasteiger partial charge in [-0.25, -0.2) is 15.1 Å². The molecule has 2 heterocycles. The van der Waals surface area contributed by atoms with Gasteiger partial charge in [-0.15, -0.1) is 0 Å². The average molecular weight is 439 g/mol. The summed E-state index contributed by atoms with van der Waals surface area (Å²) in [5.74, 6) is 0.0121. The zero-order valence-electron chi connectivity index (χ0n) is 16.2. The highest BCUT2D eigenvalue weighted by atomic mass is 35.5. The number of alkyl halides is 3. The number of halogens is 4. The summed E-state index contributed by atoms with van der Waals surface area (Å²) in [5, 5.41) is 6.01.